The molecule has 0 heterocycles. The van der Waals surface area contributed by atoms with Crippen LogP contribution in [0.2, 0.25) is 0 Å². The molecule has 0 aromatic heterocycles. The lowest BCUT2D eigenvalue weighted by Gasteiger charge is -2.14. The predicted octanol–water partition coefficient (Wildman–Crippen LogP) is 0.725. The van der Waals surface area contributed by atoms with Crippen molar-refractivity contribution in [1.82, 2.24) is 0 Å². The number of rotatable bonds is 3. The number of hydrogen-bond donors (Lipinski definition) is 2. The molecule has 0 aliphatic rings. The monoisotopic (exact) mass is 205 g/mol. The van der Waals surface area contributed by atoms with Gasteiger partial charge in [0.05, 0.1) is 6.07 Å². The summed E-state index contributed by atoms with van der Waals surface area (Å²) >= 11 is 0. The first-order valence-corrected chi connectivity index (χ1v) is 4.41. The molecule has 0 amide bonds. The molecular formula is C11H11NO3. The Bertz CT molecular complexity index is 409. The highest BCUT2D eigenvalue weighted by atomic mass is 16.3. The second-order valence-electron chi connectivity index (χ2n) is 3.27. The summed E-state index contributed by atoms with van der Waals surface area (Å²) in [5.74, 6) is 0. The number of aliphatic hydroxyl groups is 2. The molecule has 15 heavy (non-hydrogen) atoms. The van der Waals surface area contributed by atoms with Crippen molar-refractivity contribution in [3.05, 3.63) is 34.9 Å². The van der Waals surface area contributed by atoms with Gasteiger partial charge in [-0.15, -0.1) is 0 Å². The Morgan fingerprint density at radius 1 is 1.47 bits per heavy atom. The molecule has 1 aromatic carbocycles. The smallest absolute Gasteiger partial charge is 0.170 e. The average molecular weight is 205 g/mol. The lowest BCUT2D eigenvalue weighted by molar-refractivity contribution is 0.0522. The first kappa shape index (κ1) is 11.4. The summed E-state index contributed by atoms with van der Waals surface area (Å²) in [6.07, 6.45) is -2.29. The topological polar surface area (TPSA) is 81.3 Å². The van der Waals surface area contributed by atoms with Crippen molar-refractivity contribution in [1.29, 1.82) is 5.26 Å². The van der Waals surface area contributed by atoms with E-state index in [0.29, 0.717) is 6.29 Å². The minimum Gasteiger partial charge on any atom is -0.385 e. The van der Waals surface area contributed by atoms with Crippen LogP contribution in [-0.2, 0) is 0 Å². The maximum Gasteiger partial charge on any atom is 0.170 e. The molecule has 78 valence electrons. The van der Waals surface area contributed by atoms with Crippen molar-refractivity contribution in [2.45, 2.75) is 19.1 Å². The second-order valence-corrected chi connectivity index (χ2v) is 3.27. The van der Waals surface area contributed by atoms with Crippen LogP contribution in [0.5, 0.6) is 0 Å². The fraction of sp³-hybridized carbons (Fsp3) is 0.273. The SMILES string of the molecule is Cc1ccc(C=O)c(C(O)C(O)C#N)c1. The van der Waals surface area contributed by atoms with Crippen molar-refractivity contribution >= 4 is 6.29 Å². The van der Waals surface area contributed by atoms with Crippen LogP contribution in [-0.4, -0.2) is 22.6 Å². The van der Waals surface area contributed by atoms with E-state index < -0.39 is 12.2 Å². The van der Waals surface area contributed by atoms with Gasteiger partial charge in [0.2, 0.25) is 0 Å². The third kappa shape index (κ3) is 2.40. The van der Waals surface area contributed by atoms with Gasteiger partial charge < -0.3 is 10.2 Å². The number of carbonyl (C=O) groups is 1. The van der Waals surface area contributed by atoms with E-state index in [2.05, 4.69) is 0 Å². The Balaban J connectivity index is 3.17. The van der Waals surface area contributed by atoms with Gasteiger partial charge in [-0.1, -0.05) is 23.8 Å². The van der Waals surface area contributed by atoms with Gasteiger partial charge in [-0.25, -0.2) is 0 Å². The largest absolute Gasteiger partial charge is 0.385 e. The standard InChI is InChI=1S/C11H11NO3/c1-7-2-3-8(6-13)9(4-7)11(15)10(14)5-12/h2-4,6,10-11,14-15H,1H3. The fourth-order valence-electron chi connectivity index (χ4n) is 1.30. The highest BCUT2D eigenvalue weighted by Gasteiger charge is 2.20. The summed E-state index contributed by atoms with van der Waals surface area (Å²) in [5.41, 5.74) is 1.40. The van der Waals surface area contributed by atoms with E-state index in [4.69, 9.17) is 10.4 Å². The molecule has 2 atom stereocenters. The van der Waals surface area contributed by atoms with Crippen molar-refractivity contribution < 1.29 is 15.0 Å². The van der Waals surface area contributed by atoms with E-state index >= 15 is 0 Å². The fourth-order valence-corrected chi connectivity index (χ4v) is 1.30. The van der Waals surface area contributed by atoms with Crippen LogP contribution in [0.25, 0.3) is 0 Å². The van der Waals surface area contributed by atoms with Crippen molar-refractivity contribution in [2.75, 3.05) is 0 Å². The zero-order valence-electron chi connectivity index (χ0n) is 8.21. The number of nitrogens with zero attached hydrogens (tertiary/aromatic N) is 1. The van der Waals surface area contributed by atoms with Crippen LogP contribution < -0.4 is 0 Å². The highest BCUT2D eigenvalue weighted by Crippen LogP contribution is 2.21. The molecule has 4 nitrogen and oxygen atoms in total. The zero-order chi connectivity index (χ0) is 11.4. The summed E-state index contributed by atoms with van der Waals surface area (Å²) in [6, 6.07) is 6.37. The zero-order valence-corrected chi connectivity index (χ0v) is 8.21. The van der Waals surface area contributed by atoms with E-state index in [0.717, 1.165) is 5.56 Å². The Hall–Kier alpha value is -1.70. The molecule has 0 saturated carbocycles. The molecule has 1 aromatic rings. The van der Waals surface area contributed by atoms with E-state index in [1.54, 1.807) is 25.1 Å². The normalized spacial score (nSPS) is 14.0. The number of hydrogen-bond acceptors (Lipinski definition) is 4. The maximum absolute atomic E-state index is 10.7. The molecule has 1 rings (SSSR count). The summed E-state index contributed by atoms with van der Waals surface area (Å²) in [5, 5.41) is 27.2. The van der Waals surface area contributed by atoms with Gasteiger partial charge in [-0.05, 0) is 12.5 Å². The third-order valence-electron chi connectivity index (χ3n) is 2.12. The van der Waals surface area contributed by atoms with Crippen molar-refractivity contribution in [3.63, 3.8) is 0 Å². The third-order valence-corrected chi connectivity index (χ3v) is 2.12. The molecule has 0 bridgehead atoms. The van der Waals surface area contributed by atoms with Gasteiger partial charge in [0.25, 0.3) is 0 Å². The van der Waals surface area contributed by atoms with Crippen LogP contribution in [0.3, 0.4) is 0 Å². The molecule has 0 saturated heterocycles. The van der Waals surface area contributed by atoms with E-state index in [-0.39, 0.29) is 11.1 Å². The van der Waals surface area contributed by atoms with Gasteiger partial charge in [-0.3, -0.25) is 4.79 Å². The second kappa shape index (κ2) is 4.69. The van der Waals surface area contributed by atoms with E-state index in [9.17, 15) is 9.90 Å². The number of benzene rings is 1. The van der Waals surface area contributed by atoms with Crippen LogP contribution in [0.4, 0.5) is 0 Å². The summed E-state index contributed by atoms with van der Waals surface area (Å²) in [4.78, 5) is 10.7. The maximum atomic E-state index is 10.7. The number of aryl methyl sites for hydroxylation is 1. The number of aldehydes is 1. The van der Waals surface area contributed by atoms with Gasteiger partial charge in [-0.2, -0.15) is 5.26 Å². The van der Waals surface area contributed by atoms with Crippen LogP contribution in [0.1, 0.15) is 27.6 Å². The Morgan fingerprint density at radius 2 is 2.13 bits per heavy atom. The van der Waals surface area contributed by atoms with Gasteiger partial charge in [0.1, 0.15) is 12.4 Å². The van der Waals surface area contributed by atoms with Crippen molar-refractivity contribution in [3.8, 4) is 6.07 Å². The molecule has 2 N–H and O–H groups in total. The number of carbonyl (C=O) groups excluding carboxylic acids is 1. The van der Waals surface area contributed by atoms with Crippen LogP contribution in [0.15, 0.2) is 18.2 Å². The Kier molecular flexibility index (Phi) is 3.56. The van der Waals surface area contributed by atoms with Gasteiger partial charge in [0, 0.05) is 5.56 Å². The summed E-state index contributed by atoms with van der Waals surface area (Å²) < 4.78 is 0. The predicted molar refractivity (Wildman–Crippen MR) is 53.1 cm³/mol. The minimum absolute atomic E-state index is 0.277. The Morgan fingerprint density at radius 3 is 2.67 bits per heavy atom. The first-order valence-electron chi connectivity index (χ1n) is 4.41. The molecule has 0 spiro atoms. The van der Waals surface area contributed by atoms with Crippen LogP contribution in [0, 0.1) is 18.3 Å². The first-order chi connectivity index (χ1) is 7.10. The van der Waals surface area contributed by atoms with Gasteiger partial charge >= 0.3 is 0 Å². The molecule has 0 fully saturated rings. The molecule has 0 aliphatic heterocycles. The lowest BCUT2D eigenvalue weighted by atomic mass is 9.98. The van der Waals surface area contributed by atoms with Crippen molar-refractivity contribution in [2.24, 2.45) is 0 Å². The number of aliphatic hydroxyl groups excluding tert-OH is 2. The van der Waals surface area contributed by atoms with Gasteiger partial charge in [0.15, 0.2) is 6.10 Å². The molecule has 0 aliphatic carbocycles. The summed E-state index contributed by atoms with van der Waals surface area (Å²) in [6.45, 7) is 1.80. The lowest BCUT2D eigenvalue weighted by Crippen LogP contribution is -2.17. The molecular weight excluding hydrogens is 194 g/mol. The number of nitriles is 1. The average Bonchev–Trinajstić information content (AvgIpc) is 2.27. The quantitative estimate of drug-likeness (QED) is 0.563. The van der Waals surface area contributed by atoms with E-state index in [1.165, 1.54) is 6.07 Å². The molecule has 4 heteroatoms. The minimum atomic E-state index is -1.52. The summed E-state index contributed by atoms with van der Waals surface area (Å²) in [7, 11) is 0. The van der Waals surface area contributed by atoms with E-state index in [1.807, 2.05) is 0 Å². The highest BCUT2D eigenvalue weighted by molar-refractivity contribution is 5.77. The Labute approximate surface area is 87.4 Å². The molecule has 0 radical (unpaired) electrons. The van der Waals surface area contributed by atoms with Crippen LogP contribution >= 0.6 is 0 Å². The molecule has 2 unspecified atom stereocenters.